The van der Waals surface area contributed by atoms with Gasteiger partial charge in [0, 0.05) is 31.1 Å². The number of likely N-dealkylation sites (N-methyl/N-ethyl adjacent to an activating group) is 1. The number of nitrogens with one attached hydrogen (secondary N) is 1. The minimum Gasteiger partial charge on any atom is -0.497 e. The molecule has 1 saturated carbocycles. The van der Waals surface area contributed by atoms with Crippen LogP contribution in [-0.4, -0.2) is 62.7 Å². The van der Waals surface area contributed by atoms with Gasteiger partial charge in [0.25, 0.3) is 0 Å². The Balaban J connectivity index is 1.63. The lowest BCUT2D eigenvalue weighted by atomic mass is 9.79. The summed E-state index contributed by atoms with van der Waals surface area (Å²) in [4.78, 5) is 16.8. The molecule has 1 atom stereocenters. The number of nitrogens with zero attached hydrogens (tertiary/aromatic N) is 2. The molecule has 1 heterocycles. The monoisotopic (exact) mass is 345 g/mol. The number of ether oxygens (including phenoxy) is 1. The van der Waals surface area contributed by atoms with E-state index in [1.165, 1.54) is 18.4 Å². The molecule has 1 N–H and O–H groups in total. The quantitative estimate of drug-likeness (QED) is 0.892. The second-order valence-electron chi connectivity index (χ2n) is 7.73. The Kier molecular flexibility index (Phi) is 5.52. The molecule has 1 aromatic carbocycles. The Morgan fingerprint density at radius 1 is 1.28 bits per heavy atom. The molecule has 5 heteroatoms. The Bertz CT molecular complexity index is 579. The van der Waals surface area contributed by atoms with Gasteiger partial charge in [0.05, 0.1) is 7.11 Å². The summed E-state index contributed by atoms with van der Waals surface area (Å²) < 4.78 is 5.28. The first-order valence-electron chi connectivity index (χ1n) is 9.38. The molecule has 0 spiro atoms. The number of amides is 2. The zero-order chi connectivity index (χ0) is 17.9. The Labute approximate surface area is 151 Å². The molecule has 0 bridgehead atoms. The number of carbonyl (C=O) groups excluding carboxylic acids is 1. The molecule has 0 radical (unpaired) electrons. The molecule has 5 nitrogen and oxygen atoms in total. The third kappa shape index (κ3) is 3.92. The van der Waals surface area contributed by atoms with Crippen molar-refractivity contribution in [1.29, 1.82) is 0 Å². The highest BCUT2D eigenvalue weighted by atomic mass is 16.5. The molecule has 2 fully saturated rings. The SMILES string of the molecule is COc1ccc(C2(CNC(=O)N3CC[C@H](N(C)C)C3)CCCC2)cc1. The summed E-state index contributed by atoms with van der Waals surface area (Å²) in [6.45, 7) is 2.40. The molecule has 2 amide bonds. The van der Waals surface area contributed by atoms with Gasteiger partial charge in [0.1, 0.15) is 5.75 Å². The lowest BCUT2D eigenvalue weighted by Crippen LogP contribution is -2.45. The van der Waals surface area contributed by atoms with Crippen molar-refractivity contribution in [2.45, 2.75) is 43.6 Å². The molecule has 2 aliphatic rings. The van der Waals surface area contributed by atoms with Gasteiger partial charge in [-0.1, -0.05) is 25.0 Å². The van der Waals surface area contributed by atoms with Crippen molar-refractivity contribution in [2.75, 3.05) is 40.8 Å². The Morgan fingerprint density at radius 2 is 1.96 bits per heavy atom. The maximum Gasteiger partial charge on any atom is 0.317 e. The highest BCUT2D eigenvalue weighted by Crippen LogP contribution is 2.41. The largest absolute Gasteiger partial charge is 0.497 e. The summed E-state index contributed by atoms with van der Waals surface area (Å²) in [5, 5.41) is 3.23. The molecular weight excluding hydrogens is 314 g/mol. The molecule has 1 aliphatic carbocycles. The zero-order valence-corrected chi connectivity index (χ0v) is 15.8. The van der Waals surface area contributed by atoms with Crippen LogP contribution in [0.3, 0.4) is 0 Å². The highest BCUT2D eigenvalue weighted by molar-refractivity contribution is 5.74. The average Bonchev–Trinajstić information content (AvgIpc) is 3.30. The van der Waals surface area contributed by atoms with E-state index in [0.29, 0.717) is 6.04 Å². The van der Waals surface area contributed by atoms with E-state index in [1.807, 2.05) is 17.0 Å². The van der Waals surface area contributed by atoms with Gasteiger partial charge in [0.15, 0.2) is 0 Å². The van der Waals surface area contributed by atoms with E-state index in [4.69, 9.17) is 4.74 Å². The van der Waals surface area contributed by atoms with Crippen LogP contribution in [0.2, 0.25) is 0 Å². The number of hydrogen-bond acceptors (Lipinski definition) is 3. The average molecular weight is 345 g/mol. The normalized spacial score (nSPS) is 22.4. The molecule has 0 aromatic heterocycles. The maximum atomic E-state index is 12.6. The van der Waals surface area contributed by atoms with Crippen molar-refractivity contribution in [3.8, 4) is 5.75 Å². The second kappa shape index (κ2) is 7.65. The van der Waals surface area contributed by atoms with E-state index in [2.05, 4.69) is 36.4 Å². The van der Waals surface area contributed by atoms with E-state index < -0.39 is 0 Å². The molecule has 1 aliphatic heterocycles. The van der Waals surface area contributed by atoms with Gasteiger partial charge in [-0.2, -0.15) is 0 Å². The molecule has 0 unspecified atom stereocenters. The summed E-state index contributed by atoms with van der Waals surface area (Å²) in [5.74, 6) is 0.882. The number of urea groups is 1. The summed E-state index contributed by atoms with van der Waals surface area (Å²) in [7, 11) is 5.87. The van der Waals surface area contributed by atoms with Crippen LogP contribution >= 0.6 is 0 Å². The molecule has 1 saturated heterocycles. The minimum absolute atomic E-state index is 0.0720. The fourth-order valence-corrected chi connectivity index (χ4v) is 4.27. The predicted octanol–water partition coefficient (Wildman–Crippen LogP) is 2.85. The van der Waals surface area contributed by atoms with E-state index >= 15 is 0 Å². The van der Waals surface area contributed by atoms with E-state index in [-0.39, 0.29) is 11.4 Å². The third-order valence-corrected chi connectivity index (χ3v) is 6.02. The van der Waals surface area contributed by atoms with Crippen molar-refractivity contribution in [2.24, 2.45) is 0 Å². The Hall–Kier alpha value is -1.75. The van der Waals surface area contributed by atoms with Crippen LogP contribution in [0.25, 0.3) is 0 Å². The van der Waals surface area contributed by atoms with Crippen molar-refractivity contribution < 1.29 is 9.53 Å². The van der Waals surface area contributed by atoms with Crippen molar-refractivity contribution in [3.63, 3.8) is 0 Å². The second-order valence-corrected chi connectivity index (χ2v) is 7.73. The van der Waals surface area contributed by atoms with Crippen LogP contribution in [0.4, 0.5) is 4.79 Å². The maximum absolute atomic E-state index is 12.6. The molecule has 138 valence electrons. The fraction of sp³-hybridized carbons (Fsp3) is 0.650. The van der Waals surface area contributed by atoms with Gasteiger partial charge in [-0.15, -0.1) is 0 Å². The number of methoxy groups -OCH3 is 1. The van der Waals surface area contributed by atoms with Gasteiger partial charge >= 0.3 is 6.03 Å². The van der Waals surface area contributed by atoms with Crippen molar-refractivity contribution in [3.05, 3.63) is 29.8 Å². The van der Waals surface area contributed by atoms with Crippen LogP contribution in [0.5, 0.6) is 5.75 Å². The first kappa shape index (κ1) is 18.1. The van der Waals surface area contributed by atoms with Crippen LogP contribution < -0.4 is 10.1 Å². The molecule has 3 rings (SSSR count). The summed E-state index contributed by atoms with van der Waals surface area (Å²) in [6, 6.07) is 8.94. The summed E-state index contributed by atoms with van der Waals surface area (Å²) in [6.07, 6.45) is 5.80. The van der Waals surface area contributed by atoms with Crippen molar-refractivity contribution >= 4 is 6.03 Å². The smallest absolute Gasteiger partial charge is 0.317 e. The minimum atomic E-state index is 0.0720. The highest BCUT2D eigenvalue weighted by Gasteiger charge is 2.37. The predicted molar refractivity (Wildman–Crippen MR) is 100 cm³/mol. The van der Waals surface area contributed by atoms with Crippen LogP contribution in [0.1, 0.15) is 37.7 Å². The van der Waals surface area contributed by atoms with Crippen molar-refractivity contribution in [1.82, 2.24) is 15.1 Å². The zero-order valence-electron chi connectivity index (χ0n) is 15.8. The standard InChI is InChI=1S/C20H31N3O2/c1-22(2)17-10-13-23(14-17)19(24)21-15-20(11-4-5-12-20)16-6-8-18(25-3)9-7-16/h6-9,17H,4-5,10-15H2,1-3H3,(H,21,24)/t17-/m0/s1. The Morgan fingerprint density at radius 3 is 2.52 bits per heavy atom. The van der Waals surface area contributed by atoms with Gasteiger partial charge in [-0.05, 0) is 51.1 Å². The van der Waals surface area contributed by atoms with Gasteiger partial charge < -0.3 is 19.9 Å². The molecule has 1 aromatic rings. The van der Waals surface area contributed by atoms with Crippen LogP contribution in [0, 0.1) is 0 Å². The van der Waals surface area contributed by atoms with Gasteiger partial charge in [-0.3, -0.25) is 0 Å². The first-order chi connectivity index (χ1) is 12.0. The van der Waals surface area contributed by atoms with E-state index in [9.17, 15) is 4.79 Å². The first-order valence-corrected chi connectivity index (χ1v) is 9.38. The van der Waals surface area contributed by atoms with Crippen LogP contribution in [-0.2, 0) is 5.41 Å². The topological polar surface area (TPSA) is 44.8 Å². The van der Waals surface area contributed by atoms with E-state index in [1.54, 1.807) is 7.11 Å². The summed E-state index contributed by atoms with van der Waals surface area (Å²) >= 11 is 0. The number of likely N-dealkylation sites (tertiary alicyclic amines) is 1. The summed E-state index contributed by atoms with van der Waals surface area (Å²) in [5.41, 5.74) is 1.39. The number of rotatable bonds is 5. The molecule has 25 heavy (non-hydrogen) atoms. The lowest BCUT2D eigenvalue weighted by Gasteiger charge is -2.31. The third-order valence-electron chi connectivity index (χ3n) is 6.02. The number of carbonyl (C=O) groups is 1. The van der Waals surface area contributed by atoms with Gasteiger partial charge in [-0.25, -0.2) is 4.79 Å². The lowest BCUT2D eigenvalue weighted by molar-refractivity contribution is 0.200. The number of hydrogen-bond donors (Lipinski definition) is 1. The van der Waals surface area contributed by atoms with E-state index in [0.717, 1.165) is 44.6 Å². The molecular formula is C20H31N3O2. The van der Waals surface area contributed by atoms with Gasteiger partial charge in [0.2, 0.25) is 0 Å². The number of benzene rings is 1. The van der Waals surface area contributed by atoms with Crippen LogP contribution in [0.15, 0.2) is 24.3 Å². The fourth-order valence-electron chi connectivity index (χ4n) is 4.27.